The number of pyridine rings is 1. The van der Waals surface area contributed by atoms with E-state index in [-0.39, 0.29) is 11.5 Å². The van der Waals surface area contributed by atoms with Crippen LogP contribution in [-0.4, -0.2) is 17.7 Å². The lowest BCUT2D eigenvalue weighted by molar-refractivity contribution is 0.0392. The van der Waals surface area contributed by atoms with E-state index >= 15 is 0 Å². The largest absolute Gasteiger partial charge is 0.369 e. The summed E-state index contributed by atoms with van der Waals surface area (Å²) in [4.78, 5) is 4.27. The molecule has 1 aromatic heterocycles. The smallest absolute Gasteiger partial charge is 0.0884 e. The number of fused-ring (bicyclic) bond motifs is 1. The van der Waals surface area contributed by atoms with E-state index in [1.165, 1.54) is 5.54 Å². The third-order valence-corrected chi connectivity index (χ3v) is 5.18. The number of nitrogens with zero attached hydrogens (tertiary/aromatic N) is 1. The molecule has 3 rings (SSSR count). The van der Waals surface area contributed by atoms with Crippen molar-refractivity contribution >= 4 is 45.6 Å². The van der Waals surface area contributed by atoms with Gasteiger partial charge in [0.15, 0.2) is 0 Å². The van der Waals surface area contributed by atoms with E-state index in [9.17, 15) is 0 Å². The Morgan fingerprint density at radius 2 is 1.90 bits per heavy atom. The standard InChI is InChI=1S/C25H25Cl2NO/c1-25(2,3)24(29-15-7-13-26)21(16-18-8-6-14-28-17-18)23-20-10-5-4-9-19(20)11-12-22(23)27/h4-14,16-17,24H,15H2,1-3H3. The van der Waals surface area contributed by atoms with Gasteiger partial charge < -0.3 is 4.74 Å². The van der Waals surface area contributed by atoms with E-state index in [0.717, 1.165) is 27.5 Å². The van der Waals surface area contributed by atoms with Crippen molar-refractivity contribution in [1.82, 2.24) is 4.98 Å². The highest BCUT2D eigenvalue weighted by atomic mass is 35.5. The second kappa shape index (κ2) is 9.58. The molecule has 0 radical (unpaired) electrons. The number of ether oxygens (including phenoxy) is 1. The third kappa shape index (κ3) is 5.27. The average Bonchev–Trinajstić information content (AvgIpc) is 2.70. The molecule has 0 saturated heterocycles. The Morgan fingerprint density at radius 1 is 1.10 bits per heavy atom. The zero-order valence-electron chi connectivity index (χ0n) is 16.9. The highest BCUT2D eigenvalue weighted by molar-refractivity contribution is 6.34. The van der Waals surface area contributed by atoms with Gasteiger partial charge in [-0.25, -0.2) is 0 Å². The van der Waals surface area contributed by atoms with Crippen molar-refractivity contribution in [2.45, 2.75) is 26.9 Å². The SMILES string of the molecule is CC(C)(C)C(OCC=CCl)C(=Cc1cccnc1)c1c(Cl)ccc2ccccc12. The molecule has 0 amide bonds. The molecule has 150 valence electrons. The first-order chi connectivity index (χ1) is 13.9. The minimum atomic E-state index is -0.209. The van der Waals surface area contributed by atoms with Gasteiger partial charge in [0, 0.05) is 28.5 Å². The molecule has 1 heterocycles. The summed E-state index contributed by atoms with van der Waals surface area (Å²) < 4.78 is 6.32. The van der Waals surface area contributed by atoms with Crippen LogP contribution in [0, 0.1) is 5.41 Å². The second-order valence-corrected chi connectivity index (χ2v) is 8.63. The average molecular weight is 426 g/mol. The molecule has 2 nitrogen and oxygen atoms in total. The van der Waals surface area contributed by atoms with Crippen molar-refractivity contribution in [2.24, 2.45) is 5.41 Å². The summed E-state index contributed by atoms with van der Waals surface area (Å²) in [6.07, 6.45) is 7.33. The van der Waals surface area contributed by atoms with Crippen LogP contribution in [0.25, 0.3) is 22.4 Å². The topological polar surface area (TPSA) is 22.1 Å². The summed E-state index contributed by atoms with van der Waals surface area (Å²) in [5, 5.41) is 2.93. The van der Waals surface area contributed by atoms with Gasteiger partial charge in [0.2, 0.25) is 0 Å². The van der Waals surface area contributed by atoms with Crippen LogP contribution in [0.3, 0.4) is 0 Å². The number of rotatable bonds is 6. The van der Waals surface area contributed by atoms with Crippen molar-refractivity contribution in [3.8, 4) is 0 Å². The van der Waals surface area contributed by atoms with E-state index in [0.29, 0.717) is 11.6 Å². The summed E-state index contributed by atoms with van der Waals surface area (Å²) in [5.74, 6) is 0. The van der Waals surface area contributed by atoms with Gasteiger partial charge in [-0.2, -0.15) is 0 Å². The van der Waals surface area contributed by atoms with Gasteiger partial charge in [0.05, 0.1) is 12.7 Å². The zero-order chi connectivity index (χ0) is 20.9. The van der Waals surface area contributed by atoms with Crippen LogP contribution >= 0.6 is 23.2 Å². The maximum absolute atomic E-state index is 6.77. The Kier molecular flexibility index (Phi) is 7.13. The van der Waals surface area contributed by atoms with Crippen LogP contribution in [0.4, 0.5) is 0 Å². The molecule has 4 heteroatoms. The molecule has 2 aromatic carbocycles. The molecule has 1 unspecified atom stereocenters. The Morgan fingerprint density at radius 3 is 2.59 bits per heavy atom. The first kappa shape index (κ1) is 21.6. The van der Waals surface area contributed by atoms with Crippen LogP contribution in [0.5, 0.6) is 0 Å². The lowest BCUT2D eigenvalue weighted by Crippen LogP contribution is -2.31. The van der Waals surface area contributed by atoms with Crippen molar-refractivity contribution in [3.05, 3.63) is 88.7 Å². The molecule has 0 bridgehead atoms. The van der Waals surface area contributed by atoms with E-state index in [1.807, 2.05) is 42.6 Å². The molecule has 1 atom stereocenters. The third-order valence-electron chi connectivity index (χ3n) is 4.69. The molecular formula is C25H25Cl2NO. The fourth-order valence-corrected chi connectivity index (χ4v) is 3.80. The number of halogens is 2. The van der Waals surface area contributed by atoms with Crippen LogP contribution in [0.15, 0.2) is 72.5 Å². The molecule has 29 heavy (non-hydrogen) atoms. The minimum Gasteiger partial charge on any atom is -0.369 e. The minimum absolute atomic E-state index is 0.172. The molecule has 0 spiro atoms. The van der Waals surface area contributed by atoms with Crippen LogP contribution in [0.1, 0.15) is 31.9 Å². The monoisotopic (exact) mass is 425 g/mol. The number of benzene rings is 2. The maximum atomic E-state index is 6.77. The van der Waals surface area contributed by atoms with Gasteiger partial charge in [-0.05, 0) is 51.6 Å². The molecular weight excluding hydrogens is 401 g/mol. The van der Waals surface area contributed by atoms with Gasteiger partial charge in [-0.3, -0.25) is 4.98 Å². The first-order valence-corrected chi connectivity index (χ1v) is 10.4. The van der Waals surface area contributed by atoms with Gasteiger partial charge in [0.1, 0.15) is 0 Å². The number of hydrogen-bond acceptors (Lipinski definition) is 2. The summed E-state index contributed by atoms with van der Waals surface area (Å²) in [7, 11) is 0. The van der Waals surface area contributed by atoms with Crippen molar-refractivity contribution in [1.29, 1.82) is 0 Å². The second-order valence-electron chi connectivity index (χ2n) is 7.97. The van der Waals surface area contributed by atoms with E-state index < -0.39 is 0 Å². The van der Waals surface area contributed by atoms with E-state index in [1.54, 1.807) is 12.3 Å². The summed E-state index contributed by atoms with van der Waals surface area (Å²) in [6, 6.07) is 16.2. The van der Waals surface area contributed by atoms with E-state index in [2.05, 4.69) is 44.0 Å². The van der Waals surface area contributed by atoms with E-state index in [4.69, 9.17) is 27.9 Å². The van der Waals surface area contributed by atoms with Gasteiger partial charge in [-0.15, -0.1) is 0 Å². The Labute approximate surface area is 182 Å². The fourth-order valence-electron chi connectivity index (χ4n) is 3.45. The molecule has 0 aliphatic heterocycles. The molecule has 0 aliphatic rings. The van der Waals surface area contributed by atoms with Crippen LogP contribution < -0.4 is 0 Å². The molecule has 0 aliphatic carbocycles. The normalized spacial score (nSPS) is 13.9. The molecule has 0 fully saturated rings. The highest BCUT2D eigenvalue weighted by Crippen LogP contribution is 2.41. The summed E-state index contributed by atoms with van der Waals surface area (Å²) in [5.41, 5.74) is 4.32. The molecule has 0 N–H and O–H groups in total. The summed E-state index contributed by atoms with van der Waals surface area (Å²) in [6.45, 7) is 6.91. The number of hydrogen-bond donors (Lipinski definition) is 0. The Balaban J connectivity index is 2.27. The van der Waals surface area contributed by atoms with Crippen molar-refractivity contribution in [3.63, 3.8) is 0 Å². The fraction of sp³-hybridized carbons (Fsp3) is 0.240. The number of aromatic nitrogens is 1. The predicted molar refractivity (Wildman–Crippen MR) is 125 cm³/mol. The van der Waals surface area contributed by atoms with Gasteiger partial charge in [-0.1, -0.05) is 80.4 Å². The van der Waals surface area contributed by atoms with Crippen molar-refractivity contribution in [2.75, 3.05) is 6.61 Å². The van der Waals surface area contributed by atoms with Gasteiger partial charge in [0.25, 0.3) is 0 Å². The molecule has 3 aromatic rings. The Hall–Kier alpha value is -2.13. The summed E-state index contributed by atoms with van der Waals surface area (Å²) >= 11 is 12.5. The van der Waals surface area contributed by atoms with Crippen LogP contribution in [-0.2, 0) is 4.74 Å². The predicted octanol–water partition coefficient (Wildman–Crippen LogP) is 7.61. The van der Waals surface area contributed by atoms with Crippen LogP contribution in [0.2, 0.25) is 5.02 Å². The molecule has 0 saturated carbocycles. The van der Waals surface area contributed by atoms with Crippen molar-refractivity contribution < 1.29 is 4.74 Å². The van der Waals surface area contributed by atoms with Gasteiger partial charge >= 0.3 is 0 Å². The lowest BCUT2D eigenvalue weighted by atomic mass is 9.80. The zero-order valence-corrected chi connectivity index (χ0v) is 18.4. The Bertz CT molecular complexity index is 1020. The maximum Gasteiger partial charge on any atom is 0.0884 e. The lowest BCUT2D eigenvalue weighted by Gasteiger charge is -2.33. The quantitative estimate of drug-likeness (QED) is 0.405. The first-order valence-electron chi connectivity index (χ1n) is 9.58. The highest BCUT2D eigenvalue weighted by Gasteiger charge is 2.31.